The van der Waals surface area contributed by atoms with Gasteiger partial charge in [-0.3, -0.25) is 4.79 Å². The summed E-state index contributed by atoms with van der Waals surface area (Å²) in [5.74, 6) is -0.345. The van der Waals surface area contributed by atoms with Gasteiger partial charge in [0.05, 0.1) is 4.90 Å². The summed E-state index contributed by atoms with van der Waals surface area (Å²) in [6.45, 7) is 1.88. The van der Waals surface area contributed by atoms with Crippen LogP contribution in [0.1, 0.15) is 43.7 Å². The number of hydrogen-bond acceptors (Lipinski definition) is 4. The predicted octanol–water partition coefficient (Wildman–Crippen LogP) is 5.44. The minimum atomic E-state index is -3.94. The lowest BCUT2D eigenvalue weighted by Crippen LogP contribution is -2.24. The minimum absolute atomic E-state index is 0.0472. The van der Waals surface area contributed by atoms with Gasteiger partial charge in [-0.2, -0.15) is 18.4 Å². The highest BCUT2D eigenvalue weighted by molar-refractivity contribution is 7.89. The Kier molecular flexibility index (Phi) is 7.01. The molecule has 0 aromatic heterocycles. The number of nitrogens with zero attached hydrogens (tertiary/aromatic N) is 1. The highest BCUT2D eigenvalue weighted by Crippen LogP contribution is 2.17. The number of hydrogen-bond donors (Lipinski definition) is 1. The van der Waals surface area contributed by atoms with E-state index < -0.39 is 10.0 Å². The van der Waals surface area contributed by atoms with Crippen molar-refractivity contribution in [1.29, 1.82) is 0 Å². The molecule has 4 aromatic carbocycles. The van der Waals surface area contributed by atoms with Crippen LogP contribution in [0.25, 0.3) is 0 Å². The number of nitrogens with one attached hydrogen (secondary N) is 1. The number of carbonyl (C=O) groups excluding carboxylic acids is 1. The molecule has 0 heterocycles. The summed E-state index contributed by atoms with van der Waals surface area (Å²) in [5, 5.41) is 4.15. The van der Waals surface area contributed by atoms with Crippen LogP contribution in [0.3, 0.4) is 0 Å². The van der Waals surface area contributed by atoms with E-state index >= 15 is 0 Å². The van der Waals surface area contributed by atoms with Crippen LogP contribution < -0.4 is 4.83 Å². The first-order chi connectivity index (χ1) is 17.9. The Bertz CT molecular complexity index is 1550. The summed E-state index contributed by atoms with van der Waals surface area (Å²) < 4.78 is 25.8. The van der Waals surface area contributed by atoms with Crippen LogP contribution in [0.4, 0.5) is 0 Å². The number of fused-ring (bicyclic) bond motifs is 2. The summed E-state index contributed by atoms with van der Waals surface area (Å²) in [6.07, 6.45) is 3.57. The second-order valence-electron chi connectivity index (χ2n) is 9.41. The lowest BCUT2D eigenvalue weighted by molar-refractivity contribution is 0.106. The maximum Gasteiger partial charge on any atom is 0.276 e. The first-order valence-electron chi connectivity index (χ1n) is 12.3. The minimum Gasteiger partial charge on any atom is -0.287 e. The summed E-state index contributed by atoms with van der Waals surface area (Å²) >= 11 is 0. The zero-order valence-corrected chi connectivity index (χ0v) is 21.5. The Hall–Kier alpha value is -4.03. The smallest absolute Gasteiger partial charge is 0.276 e. The second-order valence-corrected chi connectivity index (χ2v) is 11.1. The Morgan fingerprint density at radius 1 is 0.649 bits per heavy atom. The van der Waals surface area contributed by atoms with E-state index in [9.17, 15) is 13.2 Å². The highest BCUT2D eigenvalue weighted by atomic mass is 32.2. The number of hydrazone groups is 1. The maximum absolute atomic E-state index is 13.5. The highest BCUT2D eigenvalue weighted by Gasteiger charge is 2.20. The molecule has 6 bridgehead atoms. The number of benzene rings is 4. The van der Waals surface area contributed by atoms with Crippen LogP contribution in [-0.4, -0.2) is 19.9 Å². The van der Waals surface area contributed by atoms with E-state index in [2.05, 4.69) is 34.2 Å². The van der Waals surface area contributed by atoms with Gasteiger partial charge in [-0.25, -0.2) is 0 Å². The first-order valence-corrected chi connectivity index (χ1v) is 13.8. The van der Waals surface area contributed by atoms with Crippen LogP contribution in [0.15, 0.2) is 107 Å². The van der Waals surface area contributed by atoms with Crippen LogP contribution >= 0.6 is 0 Å². The van der Waals surface area contributed by atoms with E-state index in [-0.39, 0.29) is 16.4 Å². The van der Waals surface area contributed by atoms with Gasteiger partial charge in [-0.15, -0.1) is 0 Å². The molecule has 0 saturated heterocycles. The molecule has 0 spiro atoms. The second kappa shape index (κ2) is 10.5. The molecule has 6 heteroatoms. The van der Waals surface area contributed by atoms with Crippen molar-refractivity contribution in [2.45, 2.75) is 37.5 Å². The fraction of sp³-hybridized carbons (Fsp3) is 0.161. The van der Waals surface area contributed by atoms with Crippen molar-refractivity contribution in [3.05, 3.63) is 136 Å². The Balaban J connectivity index is 1.52. The largest absolute Gasteiger partial charge is 0.287 e. The van der Waals surface area contributed by atoms with Crippen molar-refractivity contribution >= 4 is 21.5 Å². The van der Waals surface area contributed by atoms with Gasteiger partial charge in [0.1, 0.15) is 5.71 Å². The number of ketones is 1. The van der Waals surface area contributed by atoms with Gasteiger partial charge in [-0.05, 0) is 67.0 Å². The van der Waals surface area contributed by atoms with Gasteiger partial charge >= 0.3 is 0 Å². The molecule has 5 nitrogen and oxygen atoms in total. The van der Waals surface area contributed by atoms with E-state index in [1.165, 1.54) is 23.3 Å². The van der Waals surface area contributed by atoms with Gasteiger partial charge in [0.15, 0.2) is 0 Å². The Morgan fingerprint density at radius 3 is 1.73 bits per heavy atom. The normalized spacial score (nSPS) is 15.1. The lowest BCUT2D eigenvalue weighted by Gasteiger charge is -2.10. The van der Waals surface area contributed by atoms with Crippen molar-refractivity contribution in [3.8, 4) is 0 Å². The molecule has 186 valence electrons. The SMILES string of the molecule is Cc1ccc(S(=O)(=O)N/N=C2\C(=O)c3ccc(cc3)CCc3cccc(c3)CCc3ccc2cc3)cc1. The van der Waals surface area contributed by atoms with Crippen molar-refractivity contribution < 1.29 is 13.2 Å². The number of rotatable bonds is 3. The molecule has 7 rings (SSSR count). The number of carbonyl (C=O) groups is 1. The van der Waals surface area contributed by atoms with E-state index in [4.69, 9.17) is 0 Å². The predicted molar refractivity (Wildman–Crippen MR) is 147 cm³/mol. The van der Waals surface area contributed by atoms with Gasteiger partial charge in [0.2, 0.25) is 5.78 Å². The van der Waals surface area contributed by atoms with Gasteiger partial charge in [0.25, 0.3) is 10.0 Å². The summed E-state index contributed by atoms with van der Waals surface area (Å²) in [6, 6.07) is 30.2. The average Bonchev–Trinajstić information content (AvgIpc) is 2.92. The van der Waals surface area contributed by atoms with E-state index in [0.717, 1.165) is 42.4 Å². The monoisotopic (exact) mass is 508 g/mol. The molecule has 1 N–H and O–H groups in total. The zero-order chi connectivity index (χ0) is 25.8. The molecule has 0 unspecified atom stereocenters. The molecule has 3 aliphatic carbocycles. The summed E-state index contributed by atoms with van der Waals surface area (Å²) in [7, 11) is -3.94. The third kappa shape index (κ3) is 5.87. The molecule has 0 fully saturated rings. The fourth-order valence-corrected chi connectivity index (χ4v) is 5.24. The number of Topliss-reactive ketones (excluding diaryl/α,β-unsaturated/α-hetero) is 1. The summed E-state index contributed by atoms with van der Waals surface area (Å²) in [5.41, 5.74) is 6.86. The van der Waals surface area contributed by atoms with Crippen LogP contribution in [0.2, 0.25) is 0 Å². The quantitative estimate of drug-likeness (QED) is 0.374. The molecule has 0 amide bonds. The first kappa shape index (κ1) is 24.7. The lowest BCUT2D eigenvalue weighted by atomic mass is 9.97. The molecule has 0 aliphatic heterocycles. The van der Waals surface area contributed by atoms with Crippen LogP contribution in [0, 0.1) is 6.92 Å². The third-order valence-corrected chi connectivity index (χ3v) is 7.89. The molecule has 0 atom stereocenters. The maximum atomic E-state index is 13.5. The molecule has 4 aromatic rings. The van der Waals surface area contributed by atoms with Crippen LogP contribution in [0.5, 0.6) is 0 Å². The van der Waals surface area contributed by atoms with E-state index in [1.807, 2.05) is 43.3 Å². The van der Waals surface area contributed by atoms with Crippen molar-refractivity contribution in [3.63, 3.8) is 0 Å². The summed E-state index contributed by atoms with van der Waals surface area (Å²) in [4.78, 5) is 15.9. The third-order valence-electron chi connectivity index (χ3n) is 6.66. The Morgan fingerprint density at radius 2 is 1.16 bits per heavy atom. The van der Waals surface area contributed by atoms with Crippen LogP contribution in [-0.2, 0) is 35.7 Å². The molecular formula is C31H28N2O3S. The zero-order valence-electron chi connectivity index (χ0n) is 20.6. The molecule has 0 saturated carbocycles. The molecule has 3 aliphatic rings. The standard InChI is InChI=1S/C31H28N2O3S/c1-22-5-19-29(20-6-22)37(35,36)33-32-30-27-15-11-23(12-16-27)7-9-25-3-2-4-26(21-25)10-8-24-13-17-28(18-14-24)31(30)34/h2-6,11-21,33H,7-10H2,1H3/b32-30-. The van der Waals surface area contributed by atoms with Crippen molar-refractivity contribution in [1.82, 2.24) is 4.83 Å². The number of sulfonamides is 1. The van der Waals surface area contributed by atoms with E-state index in [1.54, 1.807) is 24.3 Å². The number of aryl methyl sites for hydroxylation is 5. The van der Waals surface area contributed by atoms with Crippen molar-refractivity contribution in [2.75, 3.05) is 0 Å². The fourth-order valence-electron chi connectivity index (χ4n) is 4.43. The molecular weight excluding hydrogens is 480 g/mol. The van der Waals surface area contributed by atoms with Gasteiger partial charge < -0.3 is 0 Å². The molecule has 37 heavy (non-hydrogen) atoms. The average molecular weight is 509 g/mol. The van der Waals surface area contributed by atoms with Gasteiger partial charge in [0, 0.05) is 11.1 Å². The molecule has 0 radical (unpaired) electrons. The Labute approximate surface area is 217 Å². The van der Waals surface area contributed by atoms with Crippen molar-refractivity contribution in [2.24, 2.45) is 5.10 Å². The topological polar surface area (TPSA) is 75.6 Å². The van der Waals surface area contributed by atoms with Gasteiger partial charge in [-0.1, -0.05) is 90.5 Å². The van der Waals surface area contributed by atoms with E-state index in [0.29, 0.717) is 11.1 Å².